The summed E-state index contributed by atoms with van der Waals surface area (Å²) >= 11 is 0. The highest BCUT2D eigenvalue weighted by molar-refractivity contribution is 7.89. The van der Waals surface area contributed by atoms with Gasteiger partial charge in [0, 0.05) is 6.54 Å². The highest BCUT2D eigenvalue weighted by atomic mass is 32.2. The number of rotatable bonds is 6. The molecular weight excluding hydrogens is 415 g/mol. The van der Waals surface area contributed by atoms with Crippen molar-refractivity contribution in [1.29, 1.82) is 0 Å². The second kappa shape index (κ2) is 9.09. The largest absolute Gasteiger partial charge is 0.489 e. The second-order valence-electron chi connectivity index (χ2n) is 7.12. The number of aliphatic hydroxyl groups excluding tert-OH is 1. The van der Waals surface area contributed by atoms with Crippen LogP contribution in [0.15, 0.2) is 47.4 Å². The normalized spacial score (nSPS) is 20.0. The highest BCUT2D eigenvalue weighted by Gasteiger charge is 2.40. The van der Waals surface area contributed by atoms with E-state index < -0.39 is 28.1 Å². The van der Waals surface area contributed by atoms with Crippen LogP contribution in [-0.2, 0) is 21.4 Å². The molecule has 1 aliphatic heterocycles. The Labute approximate surface area is 173 Å². The van der Waals surface area contributed by atoms with Crippen LogP contribution in [0.5, 0.6) is 5.75 Å². The minimum Gasteiger partial charge on any atom is -0.489 e. The summed E-state index contributed by atoms with van der Waals surface area (Å²) in [6, 6.07) is 8.83. The number of carbonyl (C=O) groups is 1. The van der Waals surface area contributed by atoms with Crippen LogP contribution in [0.4, 0.5) is 4.39 Å². The van der Waals surface area contributed by atoms with Gasteiger partial charge in [0.25, 0.3) is 5.91 Å². The average molecular weight is 438 g/mol. The van der Waals surface area contributed by atoms with Gasteiger partial charge in [-0.2, -0.15) is 4.31 Å². The van der Waals surface area contributed by atoms with E-state index in [0.29, 0.717) is 11.3 Å². The first-order valence-corrected chi connectivity index (χ1v) is 10.8. The molecule has 3 N–H and O–H groups in total. The molecule has 0 spiro atoms. The molecule has 0 saturated carbocycles. The Morgan fingerprint density at radius 1 is 1.27 bits per heavy atom. The zero-order valence-corrected chi connectivity index (χ0v) is 17.1. The molecule has 2 aromatic rings. The van der Waals surface area contributed by atoms with Crippen LogP contribution in [0.25, 0.3) is 0 Å². The number of nitrogens with zero attached hydrogens (tertiary/aromatic N) is 1. The molecule has 0 aromatic heterocycles. The monoisotopic (exact) mass is 438 g/mol. The van der Waals surface area contributed by atoms with E-state index >= 15 is 0 Å². The van der Waals surface area contributed by atoms with Gasteiger partial charge in [-0.15, -0.1) is 0 Å². The van der Waals surface area contributed by atoms with Crippen LogP contribution in [0.1, 0.15) is 24.0 Å². The number of carbonyl (C=O) groups excluding carboxylic acids is 1. The Morgan fingerprint density at radius 2 is 1.97 bits per heavy atom. The first kappa shape index (κ1) is 22.2. The number of hydroxylamine groups is 1. The van der Waals surface area contributed by atoms with Crippen molar-refractivity contribution in [1.82, 2.24) is 9.79 Å². The number of aliphatic hydroxyl groups is 1. The van der Waals surface area contributed by atoms with Gasteiger partial charge in [0.05, 0.1) is 11.0 Å². The van der Waals surface area contributed by atoms with Crippen molar-refractivity contribution in [2.24, 2.45) is 0 Å². The Morgan fingerprint density at radius 3 is 2.63 bits per heavy atom. The molecule has 10 heteroatoms. The third-order valence-electron chi connectivity index (χ3n) is 5.07. The van der Waals surface area contributed by atoms with Gasteiger partial charge in [-0.3, -0.25) is 10.0 Å². The number of nitrogens with one attached hydrogen (secondary N) is 1. The average Bonchev–Trinajstić information content (AvgIpc) is 2.73. The second-order valence-corrected chi connectivity index (χ2v) is 9.01. The van der Waals surface area contributed by atoms with Crippen LogP contribution in [0.2, 0.25) is 0 Å². The molecule has 3 rings (SSSR count). The number of ether oxygens (including phenoxy) is 1. The zero-order chi connectivity index (χ0) is 21.9. The van der Waals surface area contributed by atoms with E-state index in [1.165, 1.54) is 41.9 Å². The quantitative estimate of drug-likeness (QED) is 0.467. The zero-order valence-electron chi connectivity index (χ0n) is 16.3. The molecular formula is C20H23FN2O6S. The van der Waals surface area contributed by atoms with Crippen molar-refractivity contribution in [2.75, 3.05) is 6.54 Å². The van der Waals surface area contributed by atoms with Crippen molar-refractivity contribution in [3.05, 3.63) is 59.4 Å². The summed E-state index contributed by atoms with van der Waals surface area (Å²) < 4.78 is 46.0. The number of aryl methyl sites for hydroxylation is 1. The maximum atomic E-state index is 13.4. The topological polar surface area (TPSA) is 116 Å². The van der Waals surface area contributed by atoms with E-state index in [9.17, 15) is 22.7 Å². The number of sulfonamides is 1. The van der Waals surface area contributed by atoms with Gasteiger partial charge in [-0.05, 0) is 67.3 Å². The van der Waals surface area contributed by atoms with E-state index in [2.05, 4.69) is 0 Å². The Kier molecular flexibility index (Phi) is 6.71. The fourth-order valence-corrected chi connectivity index (χ4v) is 4.94. The van der Waals surface area contributed by atoms with Gasteiger partial charge in [0.15, 0.2) is 0 Å². The third-order valence-corrected chi connectivity index (χ3v) is 7.00. The van der Waals surface area contributed by atoms with Crippen LogP contribution in [0, 0.1) is 12.7 Å². The number of benzene rings is 2. The Balaban J connectivity index is 1.75. The Bertz CT molecular complexity index is 1010. The molecule has 1 fully saturated rings. The molecule has 1 aliphatic rings. The predicted molar refractivity (Wildman–Crippen MR) is 105 cm³/mol. The molecule has 0 radical (unpaired) electrons. The maximum absolute atomic E-state index is 13.4. The first-order valence-electron chi connectivity index (χ1n) is 9.34. The number of hydrogen-bond donors (Lipinski definition) is 3. The smallest absolute Gasteiger partial charge is 0.261 e. The molecule has 1 amide bonds. The molecule has 30 heavy (non-hydrogen) atoms. The van der Waals surface area contributed by atoms with Crippen molar-refractivity contribution >= 4 is 15.9 Å². The molecule has 0 aliphatic carbocycles. The molecule has 1 heterocycles. The van der Waals surface area contributed by atoms with E-state index in [1.54, 1.807) is 6.07 Å². The van der Waals surface area contributed by atoms with Crippen LogP contribution in [-0.4, -0.2) is 47.6 Å². The first-order chi connectivity index (χ1) is 14.2. The summed E-state index contributed by atoms with van der Waals surface area (Å²) in [5, 5.41) is 18.7. The van der Waals surface area contributed by atoms with Crippen molar-refractivity contribution in [2.45, 2.75) is 43.4 Å². The molecule has 1 saturated heterocycles. The minimum absolute atomic E-state index is 0.0519. The number of hydrogen-bond acceptors (Lipinski definition) is 6. The highest BCUT2D eigenvalue weighted by Crippen LogP contribution is 2.27. The SMILES string of the molecule is Cc1ccc(F)cc1COc1ccc(S(=O)(=O)N2CC[C@@H](O)C[C@@H]2C(=O)NO)cc1. The van der Waals surface area contributed by atoms with Crippen molar-refractivity contribution < 1.29 is 32.7 Å². The van der Waals surface area contributed by atoms with E-state index in [1.807, 2.05) is 6.92 Å². The van der Waals surface area contributed by atoms with E-state index in [0.717, 1.165) is 9.87 Å². The summed E-state index contributed by atoms with van der Waals surface area (Å²) in [5.41, 5.74) is 3.00. The summed E-state index contributed by atoms with van der Waals surface area (Å²) in [6.07, 6.45) is -0.761. The van der Waals surface area contributed by atoms with Crippen LogP contribution >= 0.6 is 0 Å². The number of amides is 1. The molecule has 8 nitrogen and oxygen atoms in total. The third kappa shape index (κ3) is 4.78. The van der Waals surface area contributed by atoms with Crippen molar-refractivity contribution in [3.8, 4) is 5.75 Å². The van der Waals surface area contributed by atoms with Crippen molar-refractivity contribution in [3.63, 3.8) is 0 Å². The van der Waals surface area contributed by atoms with Gasteiger partial charge in [-0.1, -0.05) is 6.07 Å². The van der Waals surface area contributed by atoms with Gasteiger partial charge in [0.2, 0.25) is 10.0 Å². The lowest BCUT2D eigenvalue weighted by Crippen LogP contribution is -2.54. The van der Waals surface area contributed by atoms with Gasteiger partial charge in [0.1, 0.15) is 24.2 Å². The summed E-state index contributed by atoms with van der Waals surface area (Å²) in [6.45, 7) is 1.90. The Hall–Kier alpha value is -2.53. The maximum Gasteiger partial charge on any atom is 0.261 e. The van der Waals surface area contributed by atoms with Gasteiger partial charge < -0.3 is 9.84 Å². The summed E-state index contributed by atoms with van der Waals surface area (Å²) in [7, 11) is -4.04. The summed E-state index contributed by atoms with van der Waals surface area (Å²) in [4.78, 5) is 11.8. The lowest BCUT2D eigenvalue weighted by atomic mass is 10.0. The fraction of sp³-hybridized carbons (Fsp3) is 0.350. The predicted octanol–water partition coefficient (Wildman–Crippen LogP) is 1.73. The van der Waals surface area contributed by atoms with Gasteiger partial charge in [-0.25, -0.2) is 18.3 Å². The van der Waals surface area contributed by atoms with Gasteiger partial charge >= 0.3 is 0 Å². The lowest BCUT2D eigenvalue weighted by molar-refractivity contribution is -0.135. The number of piperidine rings is 1. The minimum atomic E-state index is -4.04. The summed E-state index contributed by atoms with van der Waals surface area (Å²) in [5.74, 6) is -0.868. The molecule has 2 aromatic carbocycles. The molecule has 0 unspecified atom stereocenters. The van der Waals surface area contributed by atoms with E-state index in [4.69, 9.17) is 9.94 Å². The lowest BCUT2D eigenvalue weighted by Gasteiger charge is -2.35. The standard InChI is InChI=1S/C20H23FN2O6S/c1-13-2-3-15(21)10-14(13)12-29-17-4-6-18(7-5-17)30(27,28)23-9-8-16(24)11-19(23)20(25)22-26/h2-7,10,16,19,24,26H,8-9,11-12H2,1H3,(H,22,25)/t16-,19-/m1/s1. The van der Waals surface area contributed by atoms with Crippen LogP contribution < -0.4 is 10.2 Å². The fourth-order valence-electron chi connectivity index (χ4n) is 3.33. The molecule has 162 valence electrons. The molecule has 2 atom stereocenters. The van der Waals surface area contributed by atoms with Crippen LogP contribution in [0.3, 0.4) is 0 Å². The van der Waals surface area contributed by atoms with E-state index in [-0.39, 0.29) is 36.7 Å². The molecule has 0 bridgehead atoms. The number of halogens is 1.